The third-order valence-corrected chi connectivity index (χ3v) is 3.64. The molecule has 0 spiro atoms. The Balaban J connectivity index is 1.91. The van der Waals surface area contributed by atoms with Crippen LogP contribution in [0.5, 0.6) is 0 Å². The van der Waals surface area contributed by atoms with Crippen molar-refractivity contribution in [2.45, 2.75) is 0 Å². The molecule has 27 heavy (non-hydrogen) atoms. The quantitative estimate of drug-likeness (QED) is 0.272. The first-order valence-electron chi connectivity index (χ1n) is 7.98. The van der Waals surface area contributed by atoms with Gasteiger partial charge in [0.1, 0.15) is 5.56 Å². The Labute approximate surface area is 156 Å². The molecule has 0 amide bonds. The van der Waals surface area contributed by atoms with Crippen LogP contribution in [0.15, 0.2) is 72.8 Å². The maximum absolute atomic E-state index is 11.4. The zero-order valence-electron chi connectivity index (χ0n) is 14.1. The highest BCUT2D eigenvalue weighted by Gasteiger charge is 2.12. The number of nitro benzene ring substituents is 1. The molecule has 5 nitrogen and oxygen atoms in total. The lowest BCUT2D eigenvalue weighted by Gasteiger charge is -1.97. The SMILES string of the molecule is N#[N+]c1ccc(C#Cc2ccc(C#Cc3ccccc3)cc2[N+](=O)[O-])cc1. The zero-order chi connectivity index (χ0) is 19.1. The molecule has 0 aliphatic rings. The predicted molar refractivity (Wildman–Crippen MR) is 103 cm³/mol. The van der Waals surface area contributed by atoms with Crippen LogP contribution >= 0.6 is 0 Å². The largest absolute Gasteiger partial charge is 0.385 e. The van der Waals surface area contributed by atoms with Crippen molar-refractivity contribution in [2.24, 2.45) is 0 Å². The van der Waals surface area contributed by atoms with Gasteiger partial charge in [-0.05, 0) is 36.4 Å². The van der Waals surface area contributed by atoms with Crippen molar-refractivity contribution in [1.29, 1.82) is 5.39 Å². The molecule has 0 atom stereocenters. The highest BCUT2D eigenvalue weighted by molar-refractivity contribution is 5.58. The number of diazo groups is 1. The molecule has 0 aromatic heterocycles. The Morgan fingerprint density at radius 3 is 2.04 bits per heavy atom. The van der Waals surface area contributed by atoms with Crippen LogP contribution in [-0.4, -0.2) is 4.92 Å². The van der Waals surface area contributed by atoms with E-state index in [1.54, 1.807) is 36.4 Å². The molecule has 0 aliphatic carbocycles. The molecule has 5 heteroatoms. The van der Waals surface area contributed by atoms with Crippen LogP contribution in [0.4, 0.5) is 11.4 Å². The third kappa shape index (κ3) is 4.57. The highest BCUT2D eigenvalue weighted by atomic mass is 16.6. The Hall–Kier alpha value is -4.40. The molecular weight excluding hydrogens is 338 g/mol. The lowest BCUT2D eigenvalue weighted by molar-refractivity contribution is -0.385. The summed E-state index contributed by atoms with van der Waals surface area (Å²) in [5.41, 5.74) is 2.66. The fraction of sp³-hybridized carbons (Fsp3) is 0. The van der Waals surface area contributed by atoms with Gasteiger partial charge in [-0.25, -0.2) is 0 Å². The number of hydrogen-bond acceptors (Lipinski definition) is 3. The second kappa shape index (κ2) is 8.12. The van der Waals surface area contributed by atoms with E-state index in [1.807, 2.05) is 30.3 Å². The van der Waals surface area contributed by atoms with E-state index in [4.69, 9.17) is 5.39 Å². The molecule has 0 heterocycles. The van der Waals surface area contributed by atoms with Crippen molar-refractivity contribution in [3.05, 3.63) is 110 Å². The van der Waals surface area contributed by atoms with Gasteiger partial charge in [0.15, 0.2) is 4.98 Å². The minimum Gasteiger partial charge on any atom is -0.258 e. The molecule has 3 rings (SSSR count). The summed E-state index contributed by atoms with van der Waals surface area (Å²) in [7, 11) is 0. The predicted octanol–water partition coefficient (Wildman–Crippen LogP) is 4.88. The smallest absolute Gasteiger partial charge is 0.258 e. The number of rotatable bonds is 1. The lowest BCUT2D eigenvalue weighted by atomic mass is 10.1. The van der Waals surface area contributed by atoms with E-state index in [-0.39, 0.29) is 5.69 Å². The number of hydrogen-bond donors (Lipinski definition) is 0. The minimum absolute atomic E-state index is 0.0932. The summed E-state index contributed by atoms with van der Waals surface area (Å²) < 4.78 is 0. The van der Waals surface area contributed by atoms with Crippen LogP contribution in [0, 0.1) is 39.2 Å². The molecule has 0 bridgehead atoms. The minimum atomic E-state index is -0.467. The molecule has 0 saturated carbocycles. The molecule has 0 saturated heterocycles. The monoisotopic (exact) mass is 350 g/mol. The molecule has 3 aromatic rings. The fourth-order valence-corrected chi connectivity index (χ4v) is 2.28. The normalized spacial score (nSPS) is 9.15. The standard InChI is InChI=1S/C22H12N3O2/c23-24-21-14-10-18(11-15-21)8-12-20-13-9-19(16-22(20)25(26)27)7-6-17-4-2-1-3-5-17/h1-5,9-11,13-16H/q+1. The third-order valence-electron chi connectivity index (χ3n) is 3.64. The van der Waals surface area contributed by atoms with Gasteiger partial charge in [0.25, 0.3) is 5.69 Å². The maximum atomic E-state index is 11.4. The van der Waals surface area contributed by atoms with Gasteiger partial charge in [-0.15, -0.1) is 0 Å². The summed E-state index contributed by atoms with van der Waals surface area (Å²) in [4.78, 5) is 14.0. The average molecular weight is 350 g/mol. The second-order valence-electron chi connectivity index (χ2n) is 5.50. The van der Waals surface area contributed by atoms with Gasteiger partial charge in [0.2, 0.25) is 5.39 Å². The molecule has 0 radical (unpaired) electrons. The van der Waals surface area contributed by atoms with Crippen molar-refractivity contribution in [2.75, 3.05) is 0 Å². The van der Waals surface area contributed by atoms with Gasteiger partial charge in [0, 0.05) is 34.9 Å². The van der Waals surface area contributed by atoms with E-state index in [0.29, 0.717) is 22.4 Å². The van der Waals surface area contributed by atoms with Crippen molar-refractivity contribution in [3.8, 4) is 23.7 Å². The number of benzene rings is 3. The van der Waals surface area contributed by atoms with Crippen LogP contribution in [0.25, 0.3) is 4.98 Å². The Morgan fingerprint density at radius 1 is 0.778 bits per heavy atom. The first-order valence-corrected chi connectivity index (χ1v) is 7.98. The fourth-order valence-electron chi connectivity index (χ4n) is 2.28. The van der Waals surface area contributed by atoms with Gasteiger partial charge in [0.05, 0.1) is 4.92 Å². The van der Waals surface area contributed by atoms with E-state index in [1.165, 1.54) is 6.07 Å². The highest BCUT2D eigenvalue weighted by Crippen LogP contribution is 2.20. The maximum Gasteiger partial charge on any atom is 0.385 e. The summed E-state index contributed by atoms with van der Waals surface area (Å²) in [5, 5.41) is 20.1. The second-order valence-corrected chi connectivity index (χ2v) is 5.50. The molecule has 126 valence electrons. The van der Waals surface area contributed by atoms with Crippen molar-refractivity contribution < 1.29 is 4.92 Å². The van der Waals surface area contributed by atoms with E-state index < -0.39 is 4.92 Å². The molecule has 0 unspecified atom stereocenters. The summed E-state index contributed by atoms with van der Waals surface area (Å²) in [5.74, 6) is 11.6. The van der Waals surface area contributed by atoms with E-state index in [9.17, 15) is 10.1 Å². The summed E-state index contributed by atoms with van der Waals surface area (Å²) in [6.07, 6.45) is 0. The van der Waals surface area contributed by atoms with E-state index >= 15 is 0 Å². The van der Waals surface area contributed by atoms with Gasteiger partial charge in [-0.3, -0.25) is 10.1 Å². The first kappa shape index (κ1) is 17.4. The first-order chi connectivity index (χ1) is 13.2. The Morgan fingerprint density at radius 2 is 1.37 bits per heavy atom. The van der Waals surface area contributed by atoms with Gasteiger partial charge >= 0.3 is 5.69 Å². The molecule has 0 N–H and O–H groups in total. The van der Waals surface area contributed by atoms with Crippen LogP contribution in [0.1, 0.15) is 22.3 Å². The van der Waals surface area contributed by atoms with E-state index in [2.05, 4.69) is 28.7 Å². The molecule has 3 aromatic carbocycles. The molecular formula is C22H12N3O2+. The summed E-state index contributed by atoms with van der Waals surface area (Å²) >= 11 is 0. The van der Waals surface area contributed by atoms with Crippen LogP contribution < -0.4 is 0 Å². The molecule has 0 aliphatic heterocycles. The van der Waals surface area contributed by atoms with Crippen molar-refractivity contribution >= 4 is 11.4 Å². The average Bonchev–Trinajstić information content (AvgIpc) is 2.72. The number of nitro groups is 1. The summed E-state index contributed by atoms with van der Waals surface area (Å²) in [6.45, 7) is 0. The van der Waals surface area contributed by atoms with Crippen LogP contribution in [0.3, 0.4) is 0 Å². The number of nitrogens with zero attached hydrogens (tertiary/aromatic N) is 3. The van der Waals surface area contributed by atoms with E-state index in [0.717, 1.165) is 5.56 Å². The van der Waals surface area contributed by atoms with Crippen molar-refractivity contribution in [3.63, 3.8) is 0 Å². The topological polar surface area (TPSA) is 71.3 Å². The van der Waals surface area contributed by atoms with Gasteiger partial charge in [-0.2, -0.15) is 0 Å². The van der Waals surface area contributed by atoms with Crippen molar-refractivity contribution in [1.82, 2.24) is 0 Å². The summed E-state index contributed by atoms with van der Waals surface area (Å²) in [6, 6.07) is 20.7. The lowest BCUT2D eigenvalue weighted by Crippen LogP contribution is -1.93. The zero-order valence-corrected chi connectivity index (χ0v) is 14.1. The van der Waals surface area contributed by atoms with Crippen LogP contribution in [-0.2, 0) is 0 Å². The van der Waals surface area contributed by atoms with Crippen LogP contribution in [0.2, 0.25) is 0 Å². The Kier molecular flexibility index (Phi) is 5.24. The van der Waals surface area contributed by atoms with Gasteiger partial charge in [-0.1, -0.05) is 41.9 Å². The van der Waals surface area contributed by atoms with Gasteiger partial charge < -0.3 is 0 Å². The molecule has 0 fully saturated rings. The Bertz CT molecular complexity index is 1150.